The Kier molecular flexibility index (Phi) is 22.1. The topological polar surface area (TPSA) is 293 Å². The summed E-state index contributed by atoms with van der Waals surface area (Å²) in [5.74, 6) is -3.12. The third-order valence-corrected chi connectivity index (χ3v) is 12.7. The van der Waals surface area contributed by atoms with Gasteiger partial charge in [0.25, 0.3) is 17.7 Å². The summed E-state index contributed by atoms with van der Waals surface area (Å²) in [6.45, 7) is 8.61. The van der Waals surface area contributed by atoms with Gasteiger partial charge in [0.05, 0.1) is 24.1 Å². The lowest BCUT2D eigenvalue weighted by Crippen LogP contribution is -2.51. The molecule has 0 aliphatic carbocycles. The number of imide groups is 1. The maximum absolute atomic E-state index is 13.7. The minimum atomic E-state index is -1.04. The second-order valence-electron chi connectivity index (χ2n) is 19.5. The van der Waals surface area contributed by atoms with Crippen molar-refractivity contribution in [3.05, 3.63) is 137 Å². The summed E-state index contributed by atoms with van der Waals surface area (Å²) in [4.78, 5) is 127. The Morgan fingerprint density at radius 1 is 0.747 bits per heavy atom. The zero-order chi connectivity index (χ0) is 56.8. The molecule has 0 fully saturated rings. The number of amides is 9. The quantitative estimate of drug-likeness (QED) is 0.0284. The van der Waals surface area contributed by atoms with Crippen LogP contribution in [0.15, 0.2) is 114 Å². The molecule has 2 aliphatic rings. The highest BCUT2D eigenvalue weighted by atomic mass is 16.5. The van der Waals surface area contributed by atoms with Crippen LogP contribution in [0.25, 0.3) is 6.08 Å². The molecule has 416 valence electrons. The molecule has 2 unspecified atom stereocenters. The first kappa shape index (κ1) is 59.2. The van der Waals surface area contributed by atoms with Crippen molar-refractivity contribution in [2.24, 2.45) is 16.6 Å². The Morgan fingerprint density at radius 3 is 2.16 bits per heavy atom. The Balaban J connectivity index is 0.952. The molecule has 21 nitrogen and oxygen atoms in total. The van der Waals surface area contributed by atoms with Gasteiger partial charge < -0.3 is 47.3 Å². The van der Waals surface area contributed by atoms with Gasteiger partial charge in [0.2, 0.25) is 29.5 Å². The number of carbonyl (C=O) groups excluding carboxylic acids is 9. The predicted octanol–water partition coefficient (Wildman–Crippen LogP) is 5.59. The van der Waals surface area contributed by atoms with Crippen LogP contribution < -0.4 is 37.6 Å². The molecular weight excluding hydrogens is 1010 g/mol. The number of ether oxygens (including phenoxy) is 1. The fraction of sp³-hybridized carbons (Fsp3) is 0.362. The molecule has 0 radical (unpaired) electrons. The number of carbonyl (C=O) groups is 9. The number of benzene rings is 3. The van der Waals surface area contributed by atoms with Gasteiger partial charge in [-0.25, -0.2) is 9.79 Å². The maximum Gasteiger partial charge on any atom is 0.408 e. The van der Waals surface area contributed by atoms with E-state index < -0.39 is 41.8 Å². The normalized spacial score (nSPS) is 13.5. The van der Waals surface area contributed by atoms with Crippen LogP contribution in [-0.4, -0.2) is 112 Å². The summed E-state index contributed by atoms with van der Waals surface area (Å²) < 4.78 is 5.49. The van der Waals surface area contributed by atoms with Crippen LogP contribution >= 0.6 is 0 Å². The van der Waals surface area contributed by atoms with Crippen molar-refractivity contribution in [2.75, 3.05) is 36.8 Å². The average Bonchev–Trinajstić information content (AvgIpc) is 3.70. The molecule has 4 aromatic rings. The molecule has 21 heteroatoms. The van der Waals surface area contributed by atoms with Crippen LogP contribution in [0.1, 0.15) is 105 Å². The number of rotatable bonds is 27. The summed E-state index contributed by atoms with van der Waals surface area (Å²) in [5, 5.41) is 16.4. The third kappa shape index (κ3) is 18.3. The molecule has 0 spiro atoms. The fourth-order valence-corrected chi connectivity index (χ4v) is 8.62. The first-order valence-corrected chi connectivity index (χ1v) is 26.5. The van der Waals surface area contributed by atoms with Crippen LogP contribution in [0.4, 0.5) is 21.9 Å². The van der Waals surface area contributed by atoms with Gasteiger partial charge in [0.15, 0.2) is 0 Å². The average molecular weight is 1080 g/mol. The molecule has 0 bridgehead atoms. The van der Waals surface area contributed by atoms with Crippen molar-refractivity contribution in [2.45, 2.75) is 104 Å². The lowest BCUT2D eigenvalue weighted by atomic mass is 10.0. The van der Waals surface area contributed by atoms with E-state index in [-0.39, 0.29) is 80.9 Å². The molecule has 3 heterocycles. The zero-order valence-electron chi connectivity index (χ0n) is 45.0. The largest absolute Gasteiger partial charge is 0.445 e. The molecule has 0 saturated heterocycles. The number of hydrogen-bond acceptors (Lipinski definition) is 13. The number of nitrogens with two attached hydrogens (primary N) is 1. The van der Waals surface area contributed by atoms with Gasteiger partial charge in [0, 0.05) is 86.2 Å². The molecule has 9 amide bonds. The van der Waals surface area contributed by atoms with Gasteiger partial charge in [-0.2, -0.15) is 0 Å². The van der Waals surface area contributed by atoms with Crippen molar-refractivity contribution in [1.29, 1.82) is 0 Å². The van der Waals surface area contributed by atoms with E-state index in [4.69, 9.17) is 10.5 Å². The Morgan fingerprint density at radius 2 is 1.47 bits per heavy atom. The highest BCUT2D eigenvalue weighted by Gasteiger charge is 2.27. The number of nitrogens with zero attached hydrogens (tertiary/aromatic N) is 4. The molecule has 6 rings (SSSR count). The van der Waals surface area contributed by atoms with Gasteiger partial charge in [0.1, 0.15) is 24.5 Å². The summed E-state index contributed by atoms with van der Waals surface area (Å²) in [6, 6.07) is 20.3. The number of pyridine rings is 1. The van der Waals surface area contributed by atoms with Crippen LogP contribution in [-0.2, 0) is 57.9 Å². The van der Waals surface area contributed by atoms with Gasteiger partial charge >= 0.3 is 6.09 Å². The summed E-state index contributed by atoms with van der Waals surface area (Å²) in [7, 11) is 0. The molecule has 3 aromatic carbocycles. The van der Waals surface area contributed by atoms with Gasteiger partial charge in [-0.15, -0.1) is 0 Å². The number of fused-ring (bicyclic) bond motifs is 1. The van der Waals surface area contributed by atoms with E-state index in [9.17, 15) is 43.2 Å². The second kappa shape index (κ2) is 29.5. The van der Waals surface area contributed by atoms with Gasteiger partial charge in [-0.1, -0.05) is 82.6 Å². The Bertz CT molecular complexity index is 2930. The molecule has 2 atom stereocenters. The highest BCUT2D eigenvalue weighted by Crippen LogP contribution is 2.29. The fourth-order valence-electron chi connectivity index (χ4n) is 8.62. The van der Waals surface area contributed by atoms with Crippen LogP contribution in [0, 0.1) is 5.92 Å². The second-order valence-corrected chi connectivity index (χ2v) is 19.5. The van der Waals surface area contributed by atoms with Gasteiger partial charge in [-0.05, 0) is 84.7 Å². The number of aliphatic imine (C=N–C) groups is 1. The number of anilines is 2. The van der Waals surface area contributed by atoms with Crippen LogP contribution in [0.2, 0.25) is 0 Å². The van der Waals surface area contributed by atoms with Gasteiger partial charge in [-0.3, -0.25) is 48.2 Å². The van der Waals surface area contributed by atoms with Crippen LogP contribution in [0.5, 0.6) is 0 Å². The molecule has 0 saturated carbocycles. The highest BCUT2D eigenvalue weighted by molar-refractivity contribution is 6.13. The van der Waals surface area contributed by atoms with Crippen molar-refractivity contribution in [1.82, 2.24) is 36.1 Å². The number of hydrogen-bond donors (Lipinski definition) is 7. The molecular formula is C58H69N11O10. The van der Waals surface area contributed by atoms with Crippen LogP contribution in [0.3, 0.4) is 0 Å². The maximum atomic E-state index is 13.7. The number of aromatic nitrogens is 1. The number of amidine groups is 1. The summed E-state index contributed by atoms with van der Waals surface area (Å²) >= 11 is 0. The molecule has 1 aromatic heterocycles. The molecule has 8 N–H and O–H groups in total. The van der Waals surface area contributed by atoms with E-state index >= 15 is 0 Å². The smallest absolute Gasteiger partial charge is 0.408 e. The predicted molar refractivity (Wildman–Crippen MR) is 298 cm³/mol. The van der Waals surface area contributed by atoms with E-state index in [0.29, 0.717) is 77.2 Å². The van der Waals surface area contributed by atoms with Crippen molar-refractivity contribution in [3.8, 4) is 0 Å². The molecule has 79 heavy (non-hydrogen) atoms. The minimum Gasteiger partial charge on any atom is -0.445 e. The van der Waals surface area contributed by atoms with Crippen molar-refractivity contribution >= 4 is 82.3 Å². The minimum absolute atomic E-state index is 0.00896. The molecule has 2 aliphatic heterocycles. The SMILES string of the molecule is CCCN(CCC)C(=O)C1=Cc2ccc(C(=O)Nc3cncc(CNC(=O)C(Cc4ccccc4)NC(=O)OCc4ccc(NC(=O)CNC(=O)C(NC(=O)CCCCCN5C(=O)C=CC5=O)C(C)C)cc4)c3)cc2N=C(N)C1. The van der Waals surface area contributed by atoms with E-state index in [1.54, 1.807) is 68.5 Å². The van der Waals surface area contributed by atoms with Crippen molar-refractivity contribution in [3.63, 3.8) is 0 Å². The van der Waals surface area contributed by atoms with E-state index in [2.05, 4.69) is 41.9 Å². The number of alkyl carbamates (subject to hydrolysis) is 1. The summed E-state index contributed by atoms with van der Waals surface area (Å²) in [5.41, 5.74) is 10.9. The van der Waals surface area contributed by atoms with E-state index in [1.807, 2.05) is 49.1 Å². The third-order valence-electron chi connectivity index (χ3n) is 12.7. The van der Waals surface area contributed by atoms with E-state index in [1.165, 1.54) is 24.5 Å². The van der Waals surface area contributed by atoms with E-state index in [0.717, 1.165) is 23.3 Å². The lowest BCUT2D eigenvalue weighted by Gasteiger charge is -2.22. The zero-order valence-corrected chi connectivity index (χ0v) is 45.0. The number of nitrogens with one attached hydrogen (secondary N) is 6. The standard InChI is InChI=1S/C58H69N11O10/c1-5-24-68(25-6-2)57(77)43-29-41-18-19-42(30-46(41)65-48(59)31-43)54(74)64-45-27-40(32-60-34-45)33-61-55(75)47(28-38-13-9-7-10-14-38)66-58(78)79-36-39-16-20-44(21-17-39)63-50(71)35-62-56(76)53(37(3)4)67-49(70)15-11-8-12-26-69-51(72)22-23-52(69)73/h7,9-10,13-14,16-23,27,29-30,32,34,37,47,53H,5-6,8,11-12,15,24-26,28,31,33,35-36H2,1-4H3,(H2,59,65)(H,61,75)(H,62,76)(H,63,71)(H,64,74)(H,66,78)(H,67,70). The number of unbranched alkanes of at least 4 members (excludes halogenated alkanes) is 2. The Hall–Kier alpha value is -9.01. The monoisotopic (exact) mass is 1080 g/mol. The first-order chi connectivity index (χ1) is 38.0. The first-order valence-electron chi connectivity index (χ1n) is 26.5. The van der Waals surface area contributed by atoms with Crippen molar-refractivity contribution < 1.29 is 47.9 Å². The lowest BCUT2D eigenvalue weighted by molar-refractivity contribution is -0.137. The Labute approximate surface area is 459 Å². The summed E-state index contributed by atoms with van der Waals surface area (Å²) in [6.07, 6.45) is 10.2.